The van der Waals surface area contributed by atoms with Crippen LogP contribution in [0.4, 0.5) is 0 Å². The number of imidazole rings is 1. The zero-order valence-corrected chi connectivity index (χ0v) is 13.0. The third-order valence-electron chi connectivity index (χ3n) is 3.75. The van der Waals surface area contributed by atoms with Crippen LogP contribution in [0.1, 0.15) is 30.7 Å². The molecule has 1 N–H and O–H groups in total. The molecule has 0 aliphatic rings. The van der Waals surface area contributed by atoms with Crippen molar-refractivity contribution in [1.82, 2.24) is 14.9 Å². The fourth-order valence-corrected chi connectivity index (χ4v) is 2.44. The third kappa shape index (κ3) is 3.88. The van der Waals surface area contributed by atoms with Gasteiger partial charge in [0.05, 0.1) is 18.6 Å². The van der Waals surface area contributed by atoms with E-state index < -0.39 is 0 Å². The zero-order valence-electron chi connectivity index (χ0n) is 13.0. The van der Waals surface area contributed by atoms with Crippen LogP contribution in [0.2, 0.25) is 0 Å². The van der Waals surface area contributed by atoms with E-state index in [0.29, 0.717) is 12.8 Å². The smallest absolute Gasteiger partial charge is 0.220 e. The molecule has 3 aromatic rings. The van der Waals surface area contributed by atoms with Crippen LogP contribution in [0.25, 0.3) is 5.69 Å². The minimum Gasteiger partial charge on any atom is -0.469 e. The molecule has 0 spiro atoms. The van der Waals surface area contributed by atoms with Crippen molar-refractivity contribution in [2.24, 2.45) is 0 Å². The van der Waals surface area contributed by atoms with Crippen molar-refractivity contribution in [3.63, 3.8) is 0 Å². The Morgan fingerprint density at radius 3 is 2.78 bits per heavy atom. The molecule has 1 aromatic carbocycles. The third-order valence-corrected chi connectivity index (χ3v) is 3.75. The minimum atomic E-state index is -0.0315. The lowest BCUT2D eigenvalue weighted by Crippen LogP contribution is -2.26. The molecule has 0 bridgehead atoms. The molecule has 0 fully saturated rings. The fraction of sp³-hybridized carbons (Fsp3) is 0.222. The molecule has 3 rings (SSSR count). The van der Waals surface area contributed by atoms with E-state index in [4.69, 9.17) is 4.42 Å². The van der Waals surface area contributed by atoms with Crippen LogP contribution in [0, 0.1) is 0 Å². The van der Waals surface area contributed by atoms with Gasteiger partial charge in [0.15, 0.2) is 0 Å². The van der Waals surface area contributed by atoms with Crippen molar-refractivity contribution >= 4 is 5.91 Å². The fourth-order valence-electron chi connectivity index (χ4n) is 2.44. The van der Waals surface area contributed by atoms with E-state index >= 15 is 0 Å². The predicted octanol–water partition coefficient (Wildman–Crippen LogP) is 3.28. The maximum Gasteiger partial charge on any atom is 0.220 e. The Bertz CT molecular complexity index is 731. The predicted molar refractivity (Wildman–Crippen MR) is 87.2 cm³/mol. The van der Waals surface area contributed by atoms with Gasteiger partial charge in [0.2, 0.25) is 5.91 Å². The number of hydrogen-bond donors (Lipinski definition) is 1. The van der Waals surface area contributed by atoms with Gasteiger partial charge in [-0.15, -0.1) is 0 Å². The number of nitrogens with one attached hydrogen (secondary N) is 1. The van der Waals surface area contributed by atoms with Gasteiger partial charge in [0.25, 0.3) is 0 Å². The monoisotopic (exact) mass is 309 g/mol. The van der Waals surface area contributed by atoms with E-state index in [1.165, 1.54) is 0 Å². The van der Waals surface area contributed by atoms with Gasteiger partial charge in [0, 0.05) is 30.9 Å². The van der Waals surface area contributed by atoms with Crippen molar-refractivity contribution in [1.29, 1.82) is 0 Å². The van der Waals surface area contributed by atoms with Gasteiger partial charge in [-0.05, 0) is 36.8 Å². The number of furan rings is 1. The molecule has 0 aliphatic carbocycles. The summed E-state index contributed by atoms with van der Waals surface area (Å²) in [6, 6.07) is 11.8. The van der Waals surface area contributed by atoms with Crippen LogP contribution in [0.15, 0.2) is 65.8 Å². The Hall–Kier alpha value is -2.82. The topological polar surface area (TPSA) is 60.1 Å². The van der Waals surface area contributed by atoms with E-state index in [2.05, 4.69) is 10.3 Å². The molecule has 5 heteroatoms. The molecule has 118 valence electrons. The molecule has 2 heterocycles. The van der Waals surface area contributed by atoms with E-state index in [0.717, 1.165) is 17.0 Å². The minimum absolute atomic E-state index is 0.0209. The summed E-state index contributed by atoms with van der Waals surface area (Å²) >= 11 is 0. The average Bonchev–Trinajstić information content (AvgIpc) is 3.26. The Balaban J connectivity index is 1.55. The van der Waals surface area contributed by atoms with Crippen LogP contribution >= 0.6 is 0 Å². The van der Waals surface area contributed by atoms with Crippen molar-refractivity contribution in [2.75, 3.05) is 0 Å². The molecule has 1 amide bonds. The highest BCUT2D eigenvalue weighted by Gasteiger charge is 2.10. The van der Waals surface area contributed by atoms with E-state index in [-0.39, 0.29) is 11.9 Å². The second-order valence-electron chi connectivity index (χ2n) is 5.43. The molecule has 23 heavy (non-hydrogen) atoms. The molecule has 0 unspecified atom stereocenters. The SMILES string of the molecule is C[C@H](NC(=O)CCc1ccco1)c1ccc(-n2ccnc2)cc1. The molecule has 0 aliphatic heterocycles. The summed E-state index contributed by atoms with van der Waals surface area (Å²) in [7, 11) is 0. The summed E-state index contributed by atoms with van der Waals surface area (Å²) in [6.45, 7) is 1.98. The first-order valence-corrected chi connectivity index (χ1v) is 7.62. The maximum atomic E-state index is 12.0. The van der Waals surface area contributed by atoms with E-state index in [9.17, 15) is 4.79 Å². The standard InChI is InChI=1S/C18H19N3O2/c1-14(20-18(22)9-8-17-3-2-12-23-17)15-4-6-16(7-5-15)21-11-10-19-13-21/h2-7,10-14H,8-9H2,1H3,(H,20,22)/t14-/m0/s1. The molecule has 1 atom stereocenters. The normalized spacial score (nSPS) is 12.0. The van der Waals surface area contributed by atoms with Crippen LogP contribution in [-0.2, 0) is 11.2 Å². The number of aromatic nitrogens is 2. The number of amides is 1. The van der Waals surface area contributed by atoms with Gasteiger partial charge in [-0.25, -0.2) is 4.98 Å². The Kier molecular flexibility index (Phi) is 4.57. The zero-order chi connectivity index (χ0) is 16.1. The Morgan fingerprint density at radius 1 is 1.30 bits per heavy atom. The highest BCUT2D eigenvalue weighted by molar-refractivity contribution is 5.76. The van der Waals surface area contributed by atoms with Crippen LogP contribution in [-0.4, -0.2) is 15.5 Å². The molecular formula is C18H19N3O2. The summed E-state index contributed by atoms with van der Waals surface area (Å²) in [4.78, 5) is 16.0. The first kappa shape index (κ1) is 15.1. The summed E-state index contributed by atoms with van der Waals surface area (Å²) < 4.78 is 7.18. The molecular weight excluding hydrogens is 290 g/mol. The lowest BCUT2D eigenvalue weighted by Gasteiger charge is -2.15. The van der Waals surface area contributed by atoms with Crippen molar-refractivity contribution < 1.29 is 9.21 Å². The summed E-state index contributed by atoms with van der Waals surface area (Å²) in [5.74, 6) is 0.852. The van der Waals surface area contributed by atoms with Gasteiger partial charge in [-0.1, -0.05) is 12.1 Å². The maximum absolute atomic E-state index is 12.0. The van der Waals surface area contributed by atoms with Crippen molar-refractivity contribution in [3.8, 4) is 5.69 Å². The molecule has 0 radical (unpaired) electrons. The molecule has 5 nitrogen and oxygen atoms in total. The van der Waals surface area contributed by atoms with E-state index in [1.54, 1.807) is 18.8 Å². The highest BCUT2D eigenvalue weighted by atomic mass is 16.3. The number of nitrogens with zero attached hydrogens (tertiary/aromatic N) is 2. The van der Waals surface area contributed by atoms with Gasteiger partial charge >= 0.3 is 0 Å². The molecule has 0 saturated carbocycles. The summed E-state index contributed by atoms with van der Waals surface area (Å²) in [5, 5.41) is 3.01. The number of rotatable bonds is 6. The van der Waals surface area contributed by atoms with Crippen molar-refractivity contribution in [2.45, 2.75) is 25.8 Å². The van der Waals surface area contributed by atoms with Gasteiger partial charge in [0.1, 0.15) is 5.76 Å². The number of carbonyl (C=O) groups excluding carboxylic acids is 1. The largest absolute Gasteiger partial charge is 0.469 e. The van der Waals surface area contributed by atoms with Gasteiger partial charge < -0.3 is 14.3 Å². The van der Waals surface area contributed by atoms with Crippen LogP contribution in [0.5, 0.6) is 0 Å². The number of aryl methyl sites for hydroxylation is 1. The number of hydrogen-bond acceptors (Lipinski definition) is 3. The Labute approximate surface area is 135 Å². The summed E-state index contributed by atoms with van der Waals surface area (Å²) in [5.41, 5.74) is 2.11. The van der Waals surface area contributed by atoms with Crippen LogP contribution < -0.4 is 5.32 Å². The Morgan fingerprint density at radius 2 is 2.13 bits per heavy atom. The second-order valence-corrected chi connectivity index (χ2v) is 5.43. The molecule has 2 aromatic heterocycles. The van der Waals surface area contributed by atoms with Crippen LogP contribution in [0.3, 0.4) is 0 Å². The van der Waals surface area contributed by atoms with Gasteiger partial charge in [-0.2, -0.15) is 0 Å². The lowest BCUT2D eigenvalue weighted by molar-refractivity contribution is -0.121. The lowest BCUT2D eigenvalue weighted by atomic mass is 10.1. The van der Waals surface area contributed by atoms with Crippen molar-refractivity contribution in [3.05, 3.63) is 72.7 Å². The average molecular weight is 309 g/mol. The number of carbonyl (C=O) groups is 1. The first-order chi connectivity index (χ1) is 11.2. The van der Waals surface area contributed by atoms with E-state index in [1.807, 2.05) is 54.1 Å². The first-order valence-electron chi connectivity index (χ1n) is 7.62. The molecule has 0 saturated heterocycles. The number of benzene rings is 1. The summed E-state index contributed by atoms with van der Waals surface area (Å²) in [6.07, 6.45) is 8.06. The quantitative estimate of drug-likeness (QED) is 0.760. The van der Waals surface area contributed by atoms with Gasteiger partial charge in [-0.3, -0.25) is 4.79 Å². The second kappa shape index (κ2) is 6.96. The highest BCUT2D eigenvalue weighted by Crippen LogP contribution is 2.16.